The van der Waals surface area contributed by atoms with Gasteiger partial charge in [0, 0.05) is 43.0 Å². The molecule has 338 valence electrons. The Hall–Kier alpha value is -3.98. The number of fused-ring (bicyclic) bond motifs is 1. The van der Waals surface area contributed by atoms with Gasteiger partial charge in [-0.25, -0.2) is 0 Å². The van der Waals surface area contributed by atoms with Crippen molar-refractivity contribution in [3.63, 3.8) is 0 Å². The summed E-state index contributed by atoms with van der Waals surface area (Å²) in [6, 6.07) is 5.00. The molecular weight excluding hydrogens is 813 g/mol. The number of nitrogens with two attached hydrogens (primary N) is 1. The Balaban J connectivity index is 1.52. The number of ketones is 2. The monoisotopic (exact) mass is 874 g/mol. The predicted molar refractivity (Wildman–Crippen MR) is 221 cm³/mol. The minimum absolute atomic E-state index is 0.0244. The van der Waals surface area contributed by atoms with Crippen molar-refractivity contribution in [2.45, 2.75) is 129 Å². The lowest BCUT2D eigenvalue weighted by atomic mass is 9.67. The lowest BCUT2D eigenvalue weighted by Gasteiger charge is -2.47. The third kappa shape index (κ3) is 9.82. The summed E-state index contributed by atoms with van der Waals surface area (Å²) in [7, 11) is 5.13. The third-order valence-electron chi connectivity index (χ3n) is 12.7. The van der Waals surface area contributed by atoms with Gasteiger partial charge in [-0.3, -0.25) is 24.2 Å². The third-order valence-corrected chi connectivity index (χ3v) is 13.8. The number of likely N-dealkylation sites (N-methyl/N-ethyl adjacent to an activating group) is 1. The molecular formula is C42H62N6O12S. The number of pyridine rings is 1. The SMILES string of the molecule is CC[C@@H]1OC(=O)[C@H](C)C(=O)[C@H](C)[C@@H](OC2O[C@H](C)C[C@H](N(C)C)[C@H]2O)[C@](C)(OC)C[C@@H](C)C(=O)[C@H](C)[C@H]2[C@H](/C(N)=N/O[C@@H](CO)c3nnc(-c4ccccn4)s3)C(=O)O[C@@]21C. The molecule has 5 rings (SSSR count). The number of oxime groups is 1. The molecule has 1 unspecified atom stereocenters. The second-order valence-corrected chi connectivity index (χ2v) is 18.3. The Morgan fingerprint density at radius 2 is 1.77 bits per heavy atom. The lowest BCUT2D eigenvalue weighted by molar-refractivity contribution is -0.295. The molecule has 2 aromatic rings. The van der Waals surface area contributed by atoms with Crippen LogP contribution in [-0.2, 0) is 47.7 Å². The van der Waals surface area contributed by atoms with Gasteiger partial charge < -0.3 is 49.4 Å². The summed E-state index contributed by atoms with van der Waals surface area (Å²) in [5.74, 6) is -9.39. The Morgan fingerprint density at radius 3 is 2.38 bits per heavy atom. The van der Waals surface area contributed by atoms with E-state index in [0.717, 1.165) is 11.3 Å². The molecule has 18 nitrogen and oxygen atoms in total. The first-order valence-corrected chi connectivity index (χ1v) is 21.6. The van der Waals surface area contributed by atoms with Crippen molar-refractivity contribution in [3.8, 4) is 10.7 Å². The van der Waals surface area contributed by atoms with Crippen molar-refractivity contribution < 1.29 is 57.9 Å². The number of ether oxygens (including phenoxy) is 5. The average molecular weight is 875 g/mol. The Bertz CT molecular complexity index is 1900. The van der Waals surface area contributed by atoms with E-state index in [0.29, 0.717) is 17.1 Å². The van der Waals surface area contributed by atoms with E-state index in [9.17, 15) is 29.4 Å². The minimum atomic E-state index is -1.63. The second kappa shape index (κ2) is 19.6. The van der Waals surface area contributed by atoms with E-state index in [1.54, 1.807) is 65.9 Å². The number of carbonyl (C=O) groups excluding carboxylic acids is 4. The first kappa shape index (κ1) is 48.1. The van der Waals surface area contributed by atoms with Crippen LogP contribution < -0.4 is 5.73 Å². The predicted octanol–water partition coefficient (Wildman–Crippen LogP) is 3.09. The summed E-state index contributed by atoms with van der Waals surface area (Å²) in [6.07, 6.45) is -3.64. The van der Waals surface area contributed by atoms with Crippen molar-refractivity contribution in [3.05, 3.63) is 29.4 Å². The molecule has 3 fully saturated rings. The second-order valence-electron chi connectivity index (χ2n) is 17.3. The van der Waals surface area contributed by atoms with Crippen LogP contribution in [0.1, 0.15) is 85.8 Å². The van der Waals surface area contributed by atoms with Gasteiger partial charge in [0.2, 0.25) is 6.10 Å². The zero-order chi connectivity index (χ0) is 45.1. The Labute approximate surface area is 360 Å². The highest BCUT2D eigenvalue weighted by Gasteiger charge is 2.63. The average Bonchev–Trinajstić information content (AvgIpc) is 3.83. The number of aromatic nitrogens is 3. The number of aliphatic hydroxyl groups is 2. The maximum Gasteiger partial charge on any atom is 0.317 e. The van der Waals surface area contributed by atoms with Crippen molar-refractivity contribution in [2.75, 3.05) is 27.8 Å². The molecule has 19 heteroatoms. The highest BCUT2D eigenvalue weighted by Crippen LogP contribution is 2.48. The molecule has 0 saturated carbocycles. The number of Topliss-reactive ketones (excluding diaryl/α,β-unsaturated/α-hetero) is 2. The molecule has 3 aliphatic heterocycles. The standard InChI is InChI=1S/C42H62N6O12S/c1-12-28-42(8)30(29(39(54)59-42)35(43)47-60-27(19-49)37-46-45-36(61-37)25-15-13-14-16-44-25)22(4)31(50)20(2)18-41(7,55-11)34(23(5)32(51)24(6)38(53)57-28)58-40-33(52)26(48(9)10)17-21(3)56-40/h13-16,20-24,26-30,33-34,40,49,52H,12,17-19H2,1-11H3,(H2,43,47)/t20-,21-,22-,23+,24-,26+,27+,28+,29-,30+,33-,34-,40?,41-,42-/m1/s1. The van der Waals surface area contributed by atoms with Gasteiger partial charge in [0.25, 0.3) is 0 Å². The molecule has 2 aromatic heterocycles. The van der Waals surface area contributed by atoms with Crippen LogP contribution in [0.25, 0.3) is 10.7 Å². The fourth-order valence-corrected chi connectivity index (χ4v) is 10.1. The largest absolute Gasteiger partial charge is 0.458 e. The van der Waals surface area contributed by atoms with Gasteiger partial charge in [-0.1, -0.05) is 50.3 Å². The number of cyclic esters (lactones) is 1. The molecule has 0 spiro atoms. The van der Waals surface area contributed by atoms with E-state index in [-0.39, 0.29) is 41.6 Å². The van der Waals surface area contributed by atoms with Crippen LogP contribution in [0.15, 0.2) is 29.6 Å². The number of methoxy groups -OCH3 is 1. The molecule has 0 radical (unpaired) electrons. The van der Waals surface area contributed by atoms with E-state index < -0.39 is 102 Å². The number of carbonyl (C=O) groups is 4. The van der Waals surface area contributed by atoms with E-state index in [1.165, 1.54) is 14.0 Å². The highest BCUT2D eigenvalue weighted by molar-refractivity contribution is 7.14. The minimum Gasteiger partial charge on any atom is -0.458 e. The van der Waals surface area contributed by atoms with Gasteiger partial charge in [-0.2, -0.15) is 0 Å². The van der Waals surface area contributed by atoms with E-state index in [4.69, 9.17) is 34.3 Å². The van der Waals surface area contributed by atoms with Gasteiger partial charge in [-0.05, 0) is 73.2 Å². The molecule has 3 aliphatic rings. The number of amidine groups is 1. The van der Waals surface area contributed by atoms with Crippen molar-refractivity contribution in [1.29, 1.82) is 0 Å². The molecule has 3 saturated heterocycles. The van der Waals surface area contributed by atoms with Gasteiger partial charge in [0.1, 0.15) is 35.5 Å². The fourth-order valence-electron chi connectivity index (χ4n) is 9.24. The number of hydrogen-bond acceptors (Lipinski definition) is 18. The maximum absolute atomic E-state index is 14.8. The first-order valence-electron chi connectivity index (χ1n) is 20.8. The zero-order valence-corrected chi connectivity index (χ0v) is 37.7. The number of rotatable bonds is 11. The van der Waals surface area contributed by atoms with Gasteiger partial charge in [0.15, 0.2) is 33.5 Å². The number of nitrogens with zero attached hydrogens (tertiary/aromatic N) is 5. The zero-order valence-electron chi connectivity index (χ0n) is 36.8. The summed E-state index contributed by atoms with van der Waals surface area (Å²) in [5, 5.41) is 34.8. The molecule has 61 heavy (non-hydrogen) atoms. The molecule has 4 N–H and O–H groups in total. The smallest absolute Gasteiger partial charge is 0.317 e. The number of esters is 2. The topological polar surface area (TPSA) is 244 Å². The van der Waals surface area contributed by atoms with Crippen LogP contribution >= 0.6 is 11.3 Å². The lowest BCUT2D eigenvalue weighted by Crippen LogP contribution is -2.59. The summed E-state index contributed by atoms with van der Waals surface area (Å²) in [4.78, 5) is 69.0. The molecule has 0 bridgehead atoms. The van der Waals surface area contributed by atoms with E-state index in [2.05, 4.69) is 20.3 Å². The number of aliphatic hydroxyl groups excluding tert-OH is 2. The van der Waals surface area contributed by atoms with Crippen molar-refractivity contribution in [2.24, 2.45) is 46.4 Å². The van der Waals surface area contributed by atoms with E-state index >= 15 is 0 Å². The summed E-state index contributed by atoms with van der Waals surface area (Å²) < 4.78 is 31.0. The van der Waals surface area contributed by atoms with Crippen LogP contribution in [0.4, 0.5) is 0 Å². The highest BCUT2D eigenvalue weighted by atomic mass is 32.1. The van der Waals surface area contributed by atoms with Crippen LogP contribution in [0.3, 0.4) is 0 Å². The van der Waals surface area contributed by atoms with Crippen LogP contribution in [0, 0.1) is 35.5 Å². The van der Waals surface area contributed by atoms with Gasteiger partial charge in [0.05, 0.1) is 24.4 Å². The van der Waals surface area contributed by atoms with E-state index in [1.807, 2.05) is 25.9 Å². The summed E-state index contributed by atoms with van der Waals surface area (Å²) >= 11 is 1.13. The van der Waals surface area contributed by atoms with Crippen LogP contribution in [0.5, 0.6) is 0 Å². The molecule has 5 heterocycles. The number of hydrogen-bond donors (Lipinski definition) is 3. The molecule has 0 aromatic carbocycles. The van der Waals surface area contributed by atoms with Gasteiger partial charge >= 0.3 is 11.9 Å². The maximum atomic E-state index is 14.8. The Kier molecular flexibility index (Phi) is 15.4. The molecule has 15 atom stereocenters. The molecule has 0 amide bonds. The van der Waals surface area contributed by atoms with Crippen LogP contribution in [-0.4, -0.2) is 135 Å². The fraction of sp³-hybridized carbons (Fsp3) is 0.714. The normalized spacial score (nSPS) is 37.4. The van der Waals surface area contributed by atoms with Crippen LogP contribution in [0.2, 0.25) is 0 Å². The van der Waals surface area contributed by atoms with Crippen molar-refractivity contribution in [1.82, 2.24) is 20.1 Å². The van der Waals surface area contributed by atoms with Crippen molar-refractivity contribution >= 4 is 40.7 Å². The quantitative estimate of drug-likeness (QED) is 0.0966. The first-order chi connectivity index (χ1) is 28.7. The Morgan fingerprint density at radius 1 is 1.07 bits per heavy atom. The summed E-state index contributed by atoms with van der Waals surface area (Å²) in [6.45, 7) is 12.8. The van der Waals surface area contributed by atoms with Gasteiger partial charge in [-0.15, -0.1) is 10.2 Å². The summed E-state index contributed by atoms with van der Waals surface area (Å²) in [5.41, 5.74) is 4.15. The molecule has 0 aliphatic carbocycles.